The van der Waals surface area contributed by atoms with Crippen LogP contribution in [0.2, 0.25) is 0 Å². The third-order valence-corrected chi connectivity index (χ3v) is 4.27. The lowest BCUT2D eigenvalue weighted by Gasteiger charge is -2.30. The molecule has 1 aromatic rings. The topological polar surface area (TPSA) is 60.3 Å². The maximum atomic E-state index is 12.3. The molecule has 21 heavy (non-hydrogen) atoms. The monoisotopic (exact) mass is 292 g/mol. The normalized spacial score (nSPS) is 22.0. The Morgan fingerprint density at radius 3 is 2.95 bits per heavy atom. The second-order valence-corrected chi connectivity index (χ2v) is 5.65. The summed E-state index contributed by atoms with van der Waals surface area (Å²) in [5, 5.41) is 2.89. The van der Waals surface area contributed by atoms with Gasteiger partial charge in [-0.15, -0.1) is 0 Å². The molecule has 0 bridgehead atoms. The third-order valence-electron chi connectivity index (χ3n) is 4.27. The quantitative estimate of drug-likeness (QED) is 0.915. The third kappa shape index (κ3) is 3.53. The van der Waals surface area contributed by atoms with E-state index in [0.29, 0.717) is 5.56 Å². The van der Waals surface area contributed by atoms with Gasteiger partial charge in [0.25, 0.3) is 5.56 Å². The molecule has 1 amide bonds. The van der Waals surface area contributed by atoms with Gasteiger partial charge in [0.15, 0.2) is 0 Å². The van der Waals surface area contributed by atoms with Crippen molar-refractivity contribution in [1.82, 2.24) is 9.88 Å². The molecule has 2 atom stereocenters. The van der Waals surface area contributed by atoms with Crippen LogP contribution in [0.25, 0.3) is 0 Å². The summed E-state index contributed by atoms with van der Waals surface area (Å²) in [5.41, 5.74) is 1.46. The summed E-state index contributed by atoms with van der Waals surface area (Å²) in [6.07, 6.45) is 2.61. The van der Waals surface area contributed by atoms with Crippen molar-refractivity contribution < 1.29 is 9.53 Å². The molecule has 1 fully saturated rings. The predicted octanol–water partition coefficient (Wildman–Crippen LogP) is 1.52. The number of hydrogen-bond acceptors (Lipinski definition) is 3. The van der Waals surface area contributed by atoms with Gasteiger partial charge in [-0.2, -0.15) is 0 Å². The molecule has 0 saturated carbocycles. The van der Waals surface area contributed by atoms with Crippen LogP contribution in [0.1, 0.15) is 37.4 Å². The Hall–Kier alpha value is -1.62. The SMILES string of the molecule is CC[C@H]1OCCC[C@@H]1C(=O)NCc1ccc(C)n(C)c1=O. The van der Waals surface area contributed by atoms with E-state index in [1.807, 2.05) is 19.9 Å². The minimum absolute atomic E-state index is 0.000370. The maximum Gasteiger partial charge on any atom is 0.255 e. The summed E-state index contributed by atoms with van der Waals surface area (Å²) in [6.45, 7) is 4.93. The van der Waals surface area contributed by atoms with Crippen LogP contribution in [0.15, 0.2) is 16.9 Å². The minimum atomic E-state index is -0.0990. The summed E-state index contributed by atoms with van der Waals surface area (Å²) in [4.78, 5) is 24.4. The smallest absolute Gasteiger partial charge is 0.255 e. The first-order valence-electron chi connectivity index (χ1n) is 7.59. The molecule has 0 aromatic carbocycles. The average molecular weight is 292 g/mol. The van der Waals surface area contributed by atoms with Crippen molar-refractivity contribution in [1.29, 1.82) is 0 Å². The highest BCUT2D eigenvalue weighted by atomic mass is 16.5. The number of carbonyl (C=O) groups excluding carboxylic acids is 1. The molecule has 2 rings (SSSR count). The average Bonchev–Trinajstić information content (AvgIpc) is 2.51. The van der Waals surface area contributed by atoms with E-state index in [4.69, 9.17) is 4.74 Å². The summed E-state index contributed by atoms with van der Waals surface area (Å²) in [6, 6.07) is 3.67. The molecule has 2 heterocycles. The van der Waals surface area contributed by atoms with Crippen LogP contribution >= 0.6 is 0 Å². The van der Waals surface area contributed by atoms with Gasteiger partial charge in [-0.05, 0) is 32.3 Å². The highest BCUT2D eigenvalue weighted by Crippen LogP contribution is 2.23. The molecule has 0 unspecified atom stereocenters. The molecule has 5 nitrogen and oxygen atoms in total. The van der Waals surface area contributed by atoms with Crippen molar-refractivity contribution in [2.24, 2.45) is 13.0 Å². The first-order chi connectivity index (χ1) is 10.0. The zero-order valence-electron chi connectivity index (χ0n) is 13.0. The summed E-state index contributed by atoms with van der Waals surface area (Å²) in [5.74, 6) is -0.109. The van der Waals surface area contributed by atoms with Gasteiger partial charge in [0.2, 0.25) is 5.91 Å². The van der Waals surface area contributed by atoms with E-state index < -0.39 is 0 Å². The number of carbonyl (C=O) groups is 1. The van der Waals surface area contributed by atoms with Gasteiger partial charge in [-0.25, -0.2) is 0 Å². The summed E-state index contributed by atoms with van der Waals surface area (Å²) < 4.78 is 7.24. The Kier molecular flexibility index (Phi) is 5.17. The lowest BCUT2D eigenvalue weighted by Crippen LogP contribution is -2.41. The summed E-state index contributed by atoms with van der Waals surface area (Å²) >= 11 is 0. The van der Waals surface area contributed by atoms with Gasteiger partial charge in [0.1, 0.15) is 0 Å². The molecular weight excluding hydrogens is 268 g/mol. The summed E-state index contributed by atoms with van der Waals surface area (Å²) in [7, 11) is 1.74. The first kappa shape index (κ1) is 15.8. The van der Waals surface area contributed by atoms with Crippen molar-refractivity contribution in [3.63, 3.8) is 0 Å². The largest absolute Gasteiger partial charge is 0.377 e. The second kappa shape index (κ2) is 6.89. The molecule has 116 valence electrons. The Labute approximate surface area is 125 Å². The van der Waals surface area contributed by atoms with E-state index in [1.165, 1.54) is 0 Å². The number of aromatic nitrogens is 1. The number of pyridine rings is 1. The van der Waals surface area contributed by atoms with E-state index in [-0.39, 0.29) is 30.0 Å². The Bertz CT molecular complexity index is 565. The van der Waals surface area contributed by atoms with Gasteiger partial charge in [0, 0.05) is 31.5 Å². The van der Waals surface area contributed by atoms with Crippen LogP contribution in [-0.2, 0) is 23.1 Å². The molecule has 1 N–H and O–H groups in total. The molecule has 5 heteroatoms. The number of hydrogen-bond donors (Lipinski definition) is 1. The van der Waals surface area contributed by atoms with E-state index in [2.05, 4.69) is 5.32 Å². The zero-order valence-corrected chi connectivity index (χ0v) is 13.0. The zero-order chi connectivity index (χ0) is 15.4. The standard InChI is InChI=1S/C16H24N2O3/c1-4-14-13(6-5-9-21-14)15(19)17-10-12-8-7-11(2)18(3)16(12)20/h7-8,13-14H,4-6,9-10H2,1-3H3,(H,17,19)/t13-,14+/m0/s1. The van der Waals surface area contributed by atoms with E-state index >= 15 is 0 Å². The van der Waals surface area contributed by atoms with Gasteiger partial charge in [-0.1, -0.05) is 13.0 Å². The molecule has 0 spiro atoms. The van der Waals surface area contributed by atoms with Crippen LogP contribution in [-0.4, -0.2) is 23.2 Å². The van der Waals surface area contributed by atoms with E-state index in [9.17, 15) is 9.59 Å². The van der Waals surface area contributed by atoms with Crippen molar-refractivity contribution in [3.05, 3.63) is 33.7 Å². The van der Waals surface area contributed by atoms with Crippen LogP contribution in [0.4, 0.5) is 0 Å². The molecule has 1 aliphatic rings. The van der Waals surface area contributed by atoms with Crippen LogP contribution < -0.4 is 10.9 Å². The molecule has 1 aromatic heterocycles. The van der Waals surface area contributed by atoms with Crippen molar-refractivity contribution >= 4 is 5.91 Å². The number of amides is 1. The Balaban J connectivity index is 2.01. The fourth-order valence-corrected chi connectivity index (χ4v) is 2.77. The molecule has 0 radical (unpaired) electrons. The number of nitrogens with zero attached hydrogens (tertiary/aromatic N) is 1. The Morgan fingerprint density at radius 1 is 1.48 bits per heavy atom. The molecular formula is C16H24N2O3. The van der Waals surface area contributed by atoms with E-state index in [0.717, 1.165) is 31.6 Å². The Morgan fingerprint density at radius 2 is 2.24 bits per heavy atom. The van der Waals surface area contributed by atoms with Crippen molar-refractivity contribution in [2.45, 2.75) is 45.8 Å². The van der Waals surface area contributed by atoms with Crippen molar-refractivity contribution in [3.8, 4) is 0 Å². The molecule has 0 aliphatic carbocycles. The molecule has 1 saturated heterocycles. The maximum absolute atomic E-state index is 12.3. The van der Waals surface area contributed by atoms with Crippen LogP contribution in [0, 0.1) is 12.8 Å². The van der Waals surface area contributed by atoms with Crippen LogP contribution in [0.5, 0.6) is 0 Å². The first-order valence-corrected chi connectivity index (χ1v) is 7.59. The number of aryl methyl sites for hydroxylation is 1. The lowest BCUT2D eigenvalue weighted by molar-refractivity contribution is -0.134. The number of ether oxygens (including phenoxy) is 1. The fraction of sp³-hybridized carbons (Fsp3) is 0.625. The second-order valence-electron chi connectivity index (χ2n) is 5.65. The molecule has 1 aliphatic heterocycles. The number of rotatable bonds is 4. The van der Waals surface area contributed by atoms with Gasteiger partial charge in [-0.3, -0.25) is 9.59 Å². The minimum Gasteiger partial charge on any atom is -0.377 e. The van der Waals surface area contributed by atoms with Gasteiger partial charge >= 0.3 is 0 Å². The van der Waals surface area contributed by atoms with Gasteiger partial charge in [0.05, 0.1) is 12.0 Å². The fourth-order valence-electron chi connectivity index (χ4n) is 2.77. The lowest BCUT2D eigenvalue weighted by atomic mass is 9.92. The number of nitrogens with one attached hydrogen (secondary N) is 1. The highest BCUT2D eigenvalue weighted by Gasteiger charge is 2.30. The highest BCUT2D eigenvalue weighted by molar-refractivity contribution is 5.79. The van der Waals surface area contributed by atoms with Crippen molar-refractivity contribution in [2.75, 3.05) is 6.61 Å². The predicted molar refractivity (Wildman–Crippen MR) is 81.0 cm³/mol. The van der Waals surface area contributed by atoms with E-state index in [1.54, 1.807) is 17.7 Å². The van der Waals surface area contributed by atoms with Gasteiger partial charge < -0.3 is 14.6 Å². The van der Waals surface area contributed by atoms with Crippen LogP contribution in [0.3, 0.4) is 0 Å².